The monoisotopic (exact) mass is 230 g/mol. The van der Waals surface area contributed by atoms with E-state index in [0.717, 1.165) is 11.3 Å². The summed E-state index contributed by atoms with van der Waals surface area (Å²) < 4.78 is 0. The maximum absolute atomic E-state index is 10.7. The number of hydrogen-bond acceptors (Lipinski definition) is 2. The summed E-state index contributed by atoms with van der Waals surface area (Å²) in [6.07, 6.45) is 0.668. The summed E-state index contributed by atoms with van der Waals surface area (Å²) in [6.45, 7) is 2.11. The second-order valence-electron chi connectivity index (χ2n) is 3.95. The lowest BCUT2D eigenvalue weighted by atomic mass is 10.1. The predicted molar refractivity (Wildman–Crippen MR) is 70.9 cm³/mol. The molecule has 3 nitrogen and oxygen atoms in total. The zero-order valence-electron chi connectivity index (χ0n) is 10.6. The van der Waals surface area contributed by atoms with E-state index in [1.165, 1.54) is 6.92 Å². The summed E-state index contributed by atoms with van der Waals surface area (Å²) in [4.78, 5) is 12.7. The number of rotatable bonds is 3. The molecule has 1 N–H and O–H groups in total. The van der Waals surface area contributed by atoms with E-state index >= 15 is 0 Å². The standard InChI is InChI=1S/C14H18N2O/c1-12(17)15-11-7-6-9-13-8-4-5-10-14(13)16(2)3/h4-5,8,10H,7,11H2,1-3H3,(H,15,17). The highest BCUT2D eigenvalue weighted by Crippen LogP contribution is 2.16. The highest BCUT2D eigenvalue weighted by Gasteiger charge is 1.99. The van der Waals surface area contributed by atoms with E-state index in [2.05, 4.69) is 17.2 Å². The van der Waals surface area contributed by atoms with E-state index in [-0.39, 0.29) is 5.91 Å². The lowest BCUT2D eigenvalue weighted by Gasteiger charge is -2.13. The highest BCUT2D eigenvalue weighted by atomic mass is 16.1. The van der Waals surface area contributed by atoms with E-state index in [4.69, 9.17) is 0 Å². The van der Waals surface area contributed by atoms with Crippen molar-refractivity contribution in [2.75, 3.05) is 25.5 Å². The van der Waals surface area contributed by atoms with Gasteiger partial charge >= 0.3 is 0 Å². The third kappa shape index (κ3) is 4.60. The first-order chi connectivity index (χ1) is 8.11. The molecule has 1 rings (SSSR count). The van der Waals surface area contributed by atoms with Crippen LogP contribution in [0.5, 0.6) is 0 Å². The fraction of sp³-hybridized carbons (Fsp3) is 0.357. The van der Waals surface area contributed by atoms with Gasteiger partial charge in [0.15, 0.2) is 0 Å². The Labute approximate surface area is 103 Å². The SMILES string of the molecule is CC(=O)NCCC#Cc1ccccc1N(C)C. The van der Waals surface area contributed by atoms with Crippen molar-refractivity contribution in [3.05, 3.63) is 29.8 Å². The van der Waals surface area contributed by atoms with E-state index in [1.54, 1.807) is 0 Å². The fourth-order valence-electron chi connectivity index (χ4n) is 1.43. The zero-order chi connectivity index (χ0) is 12.7. The summed E-state index contributed by atoms with van der Waals surface area (Å²) in [5.74, 6) is 6.17. The van der Waals surface area contributed by atoms with Crippen molar-refractivity contribution in [2.24, 2.45) is 0 Å². The number of carbonyl (C=O) groups is 1. The van der Waals surface area contributed by atoms with E-state index in [9.17, 15) is 4.79 Å². The van der Waals surface area contributed by atoms with Crippen LogP contribution in [-0.4, -0.2) is 26.5 Å². The van der Waals surface area contributed by atoms with Crippen molar-refractivity contribution < 1.29 is 4.79 Å². The largest absolute Gasteiger partial charge is 0.377 e. The van der Waals surface area contributed by atoms with E-state index < -0.39 is 0 Å². The van der Waals surface area contributed by atoms with Crippen LogP contribution in [0, 0.1) is 11.8 Å². The summed E-state index contributed by atoms with van der Waals surface area (Å²) in [5.41, 5.74) is 2.12. The smallest absolute Gasteiger partial charge is 0.216 e. The molecule has 0 bridgehead atoms. The molecule has 0 saturated heterocycles. The molecule has 0 saturated carbocycles. The first-order valence-electron chi connectivity index (χ1n) is 5.61. The van der Waals surface area contributed by atoms with Crippen LogP contribution in [0.2, 0.25) is 0 Å². The van der Waals surface area contributed by atoms with Crippen LogP contribution < -0.4 is 10.2 Å². The molecule has 0 spiro atoms. The highest BCUT2D eigenvalue weighted by molar-refractivity contribution is 5.72. The Morgan fingerprint density at radius 2 is 2.06 bits per heavy atom. The van der Waals surface area contributed by atoms with Crippen LogP contribution in [0.15, 0.2) is 24.3 Å². The summed E-state index contributed by atoms with van der Waals surface area (Å²) >= 11 is 0. The molecular formula is C14H18N2O. The molecule has 0 aliphatic rings. The zero-order valence-corrected chi connectivity index (χ0v) is 10.6. The van der Waals surface area contributed by atoms with Crippen molar-refractivity contribution in [3.8, 4) is 11.8 Å². The van der Waals surface area contributed by atoms with Crippen LogP contribution >= 0.6 is 0 Å². The third-order valence-electron chi connectivity index (χ3n) is 2.23. The molecule has 0 heterocycles. The molecule has 0 fully saturated rings. The Kier molecular flexibility index (Phi) is 5.09. The Hall–Kier alpha value is -1.95. The maximum atomic E-state index is 10.7. The molecule has 1 aromatic carbocycles. The van der Waals surface area contributed by atoms with Gasteiger partial charge in [-0.05, 0) is 12.1 Å². The van der Waals surface area contributed by atoms with Crippen molar-refractivity contribution in [1.29, 1.82) is 0 Å². The minimum atomic E-state index is -0.0134. The molecule has 0 aliphatic carbocycles. The molecule has 0 atom stereocenters. The lowest BCUT2D eigenvalue weighted by molar-refractivity contribution is -0.118. The van der Waals surface area contributed by atoms with Gasteiger partial charge in [0.05, 0.1) is 5.69 Å². The average molecular weight is 230 g/mol. The average Bonchev–Trinajstić information content (AvgIpc) is 2.28. The van der Waals surface area contributed by atoms with Gasteiger partial charge in [-0.2, -0.15) is 0 Å². The number of amides is 1. The Balaban J connectivity index is 2.62. The minimum absolute atomic E-state index is 0.0134. The molecule has 0 aliphatic heterocycles. The van der Waals surface area contributed by atoms with Crippen LogP contribution in [0.3, 0.4) is 0 Å². The van der Waals surface area contributed by atoms with Gasteiger partial charge in [0.25, 0.3) is 0 Å². The van der Waals surface area contributed by atoms with Crippen molar-refractivity contribution in [3.63, 3.8) is 0 Å². The number of anilines is 1. The molecule has 3 heteroatoms. The molecule has 1 amide bonds. The molecule has 0 radical (unpaired) electrons. The first kappa shape index (κ1) is 13.1. The molecule has 0 unspecified atom stereocenters. The van der Waals surface area contributed by atoms with Crippen molar-refractivity contribution >= 4 is 11.6 Å². The molecule has 1 aromatic rings. The molecule has 17 heavy (non-hydrogen) atoms. The number of nitrogens with one attached hydrogen (secondary N) is 1. The Morgan fingerprint density at radius 1 is 1.35 bits per heavy atom. The molecular weight excluding hydrogens is 212 g/mol. The summed E-state index contributed by atoms with van der Waals surface area (Å²) in [5, 5.41) is 2.72. The van der Waals surface area contributed by atoms with E-state index in [1.807, 2.05) is 43.3 Å². The van der Waals surface area contributed by atoms with Gasteiger partial charge in [-0.1, -0.05) is 24.0 Å². The number of para-hydroxylation sites is 1. The molecule has 90 valence electrons. The van der Waals surface area contributed by atoms with Gasteiger partial charge in [0.1, 0.15) is 0 Å². The second kappa shape index (κ2) is 6.59. The second-order valence-corrected chi connectivity index (χ2v) is 3.95. The minimum Gasteiger partial charge on any atom is -0.377 e. The van der Waals surface area contributed by atoms with Gasteiger partial charge < -0.3 is 10.2 Å². The number of hydrogen-bond donors (Lipinski definition) is 1. The Morgan fingerprint density at radius 3 is 2.71 bits per heavy atom. The van der Waals surface area contributed by atoms with Gasteiger partial charge in [0.2, 0.25) is 5.91 Å². The molecule has 0 aromatic heterocycles. The van der Waals surface area contributed by atoms with Gasteiger partial charge in [-0.3, -0.25) is 4.79 Å². The third-order valence-corrected chi connectivity index (χ3v) is 2.23. The normalized spacial score (nSPS) is 9.12. The van der Waals surface area contributed by atoms with Crippen LogP contribution in [0.25, 0.3) is 0 Å². The fourth-order valence-corrected chi connectivity index (χ4v) is 1.43. The van der Waals surface area contributed by atoms with E-state index in [0.29, 0.717) is 13.0 Å². The number of carbonyl (C=O) groups excluding carboxylic acids is 1. The Bertz CT molecular complexity index is 441. The van der Waals surface area contributed by atoms with Crippen molar-refractivity contribution in [1.82, 2.24) is 5.32 Å². The summed E-state index contributed by atoms with van der Waals surface area (Å²) in [7, 11) is 4.00. The van der Waals surface area contributed by atoms with Crippen LogP contribution in [0.4, 0.5) is 5.69 Å². The predicted octanol–water partition coefficient (Wildman–Crippen LogP) is 1.63. The number of nitrogens with zero attached hydrogens (tertiary/aromatic N) is 1. The first-order valence-corrected chi connectivity index (χ1v) is 5.61. The van der Waals surface area contributed by atoms with Crippen molar-refractivity contribution in [2.45, 2.75) is 13.3 Å². The lowest BCUT2D eigenvalue weighted by Crippen LogP contribution is -2.20. The van der Waals surface area contributed by atoms with Gasteiger partial charge in [-0.25, -0.2) is 0 Å². The number of benzene rings is 1. The topological polar surface area (TPSA) is 32.3 Å². The maximum Gasteiger partial charge on any atom is 0.216 e. The van der Waals surface area contributed by atoms with Crippen LogP contribution in [0.1, 0.15) is 18.9 Å². The van der Waals surface area contributed by atoms with Gasteiger partial charge in [-0.15, -0.1) is 0 Å². The van der Waals surface area contributed by atoms with Crippen LogP contribution in [-0.2, 0) is 4.79 Å². The van der Waals surface area contributed by atoms with Gasteiger partial charge in [0, 0.05) is 39.5 Å². The quantitative estimate of drug-likeness (QED) is 0.632. The summed E-state index contributed by atoms with van der Waals surface area (Å²) in [6, 6.07) is 8.02.